The van der Waals surface area contributed by atoms with Gasteiger partial charge in [0, 0.05) is 25.2 Å². The molecule has 7 rings (SSSR count). The maximum Gasteiger partial charge on any atom is 0.293 e. The highest BCUT2D eigenvalue weighted by atomic mass is 35.5. The lowest BCUT2D eigenvalue weighted by atomic mass is 10.0. The fraction of sp³-hybridized carbons (Fsp3) is 0.333. The number of nitriles is 2. The van der Waals surface area contributed by atoms with Crippen molar-refractivity contribution in [3.05, 3.63) is 156 Å². The summed E-state index contributed by atoms with van der Waals surface area (Å²) in [4.78, 5) is 49.3. The molecule has 0 spiro atoms. The first kappa shape index (κ1) is 46.2. The quantitative estimate of drug-likeness (QED) is 0.0537. The molecular weight excluding hydrogens is 806 g/mol. The number of carbonyl (C=O) groups excluding carboxylic acids is 2. The van der Waals surface area contributed by atoms with Crippen LogP contribution in [0.2, 0.25) is 5.02 Å². The Morgan fingerprint density at radius 2 is 1.26 bits per heavy atom. The Hall–Kier alpha value is -6.83. The van der Waals surface area contributed by atoms with Gasteiger partial charge < -0.3 is 15.5 Å². The van der Waals surface area contributed by atoms with Gasteiger partial charge in [0.05, 0.1) is 21.9 Å². The van der Waals surface area contributed by atoms with E-state index in [0.717, 1.165) is 75.6 Å². The Labute approximate surface area is 367 Å². The van der Waals surface area contributed by atoms with Crippen molar-refractivity contribution in [3.8, 4) is 12.1 Å². The third kappa shape index (κ3) is 13.1. The minimum Gasteiger partial charge on any atom is -0.366 e. The standard InChI is InChI=1S/C25H26N4O3.C21H18ClN3O3.C2H6/c26-17-21(25(30)27-24(20-10-11-20)19-7-3-1-4-8-19)15-18-9-12-22(23(16-18)29(31)32)28-13-5-2-6-14-28;22-18-9-8-15(12-20(18)25(27)28)10-17(13-23)21(26)24-19(11-14-6-7-14)16-4-2-1-3-5-16;1-2/h1,3-4,7-9,12,15-16,20,24H,2,5-6,10-11,13-14H2,(H,27,30);1-5,8-10,12,14,19H,6-7,11H2,(H,24,26);1-2H3/b21-15+;17-10+;. The summed E-state index contributed by atoms with van der Waals surface area (Å²) < 4.78 is 0. The first-order valence-electron chi connectivity index (χ1n) is 21.0. The Morgan fingerprint density at radius 1 is 0.742 bits per heavy atom. The van der Waals surface area contributed by atoms with Crippen LogP contribution < -0.4 is 15.5 Å². The summed E-state index contributed by atoms with van der Waals surface area (Å²) in [6.07, 6.45) is 11.1. The lowest BCUT2D eigenvalue weighted by molar-refractivity contribution is -0.384. The van der Waals surface area contributed by atoms with Crippen LogP contribution in [0.4, 0.5) is 17.1 Å². The second kappa shape index (κ2) is 22.7. The van der Waals surface area contributed by atoms with E-state index in [0.29, 0.717) is 28.7 Å². The zero-order valence-corrected chi connectivity index (χ0v) is 35.6. The topological polar surface area (TPSA) is 195 Å². The van der Waals surface area contributed by atoms with Crippen molar-refractivity contribution in [2.45, 2.75) is 77.3 Å². The van der Waals surface area contributed by atoms with E-state index in [1.807, 2.05) is 91.5 Å². The predicted octanol–water partition coefficient (Wildman–Crippen LogP) is 10.6. The summed E-state index contributed by atoms with van der Waals surface area (Å²) in [7, 11) is 0. The number of anilines is 1. The van der Waals surface area contributed by atoms with Gasteiger partial charge in [0.2, 0.25) is 0 Å². The van der Waals surface area contributed by atoms with Crippen molar-refractivity contribution in [1.82, 2.24) is 10.6 Å². The average Bonchev–Trinajstić information content (AvgIpc) is 4.25. The average molecular weight is 856 g/mol. The molecule has 2 unspecified atom stereocenters. The lowest BCUT2D eigenvalue weighted by Gasteiger charge is -2.28. The minimum absolute atomic E-state index is 0.00122. The third-order valence-corrected chi connectivity index (χ3v) is 11.0. The largest absolute Gasteiger partial charge is 0.366 e. The highest BCUT2D eigenvalue weighted by molar-refractivity contribution is 6.32. The van der Waals surface area contributed by atoms with Crippen molar-refractivity contribution in [3.63, 3.8) is 0 Å². The van der Waals surface area contributed by atoms with Crippen LogP contribution in [0.3, 0.4) is 0 Å². The monoisotopic (exact) mass is 855 g/mol. The Balaban J connectivity index is 0.000000227. The van der Waals surface area contributed by atoms with E-state index in [1.54, 1.807) is 12.1 Å². The number of nitrogens with zero attached hydrogens (tertiary/aromatic N) is 5. The minimum atomic E-state index is -0.604. The molecule has 3 aliphatic rings. The number of amides is 2. The van der Waals surface area contributed by atoms with E-state index < -0.39 is 21.7 Å². The number of benzene rings is 4. The van der Waals surface area contributed by atoms with Crippen LogP contribution in [0.1, 0.15) is 99.6 Å². The van der Waals surface area contributed by atoms with Crippen LogP contribution in [0, 0.1) is 54.7 Å². The molecule has 62 heavy (non-hydrogen) atoms. The molecule has 1 aliphatic heterocycles. The molecular formula is C48H50ClN7O6. The zero-order valence-electron chi connectivity index (χ0n) is 34.8. The first-order valence-corrected chi connectivity index (χ1v) is 21.3. The maximum absolute atomic E-state index is 12.9. The summed E-state index contributed by atoms with van der Waals surface area (Å²) in [5.74, 6) is -0.0178. The fourth-order valence-corrected chi connectivity index (χ4v) is 7.42. The van der Waals surface area contributed by atoms with Crippen LogP contribution in [0.5, 0.6) is 0 Å². The second-order valence-electron chi connectivity index (χ2n) is 15.2. The Bertz CT molecular complexity index is 2360. The number of hydrogen-bond acceptors (Lipinski definition) is 9. The van der Waals surface area contributed by atoms with Gasteiger partial charge in [-0.05, 0) is 96.9 Å². The first-order chi connectivity index (χ1) is 30.0. The molecule has 2 N–H and O–H groups in total. The number of carbonyl (C=O) groups is 2. The molecule has 14 heteroatoms. The van der Waals surface area contributed by atoms with Gasteiger partial charge in [0.25, 0.3) is 23.2 Å². The molecule has 2 saturated carbocycles. The smallest absolute Gasteiger partial charge is 0.293 e. The Morgan fingerprint density at radius 3 is 1.77 bits per heavy atom. The van der Waals surface area contributed by atoms with Gasteiger partial charge in [-0.1, -0.05) is 111 Å². The van der Waals surface area contributed by atoms with Crippen molar-refractivity contribution < 1.29 is 19.4 Å². The number of nitro benzene ring substituents is 2. The van der Waals surface area contributed by atoms with Crippen molar-refractivity contribution in [1.29, 1.82) is 10.5 Å². The van der Waals surface area contributed by atoms with Crippen LogP contribution in [0.25, 0.3) is 12.2 Å². The SMILES string of the molecule is CC.N#C/C(=C\c1ccc(Cl)c([N+](=O)[O-])c1)C(=O)NC(CC1CC1)c1ccccc1.N#C/C(=C\c1ccc(N2CCCCC2)c([N+](=O)[O-])c1)C(=O)NC(c1ccccc1)C1CC1. The number of nitro groups is 2. The van der Waals surface area contributed by atoms with Crippen LogP contribution in [-0.4, -0.2) is 34.8 Å². The van der Waals surface area contributed by atoms with E-state index in [1.165, 1.54) is 36.4 Å². The van der Waals surface area contributed by atoms with E-state index in [-0.39, 0.29) is 39.6 Å². The van der Waals surface area contributed by atoms with Crippen molar-refractivity contribution >= 4 is 52.6 Å². The number of rotatable bonds is 14. The van der Waals surface area contributed by atoms with Crippen LogP contribution in [-0.2, 0) is 9.59 Å². The van der Waals surface area contributed by atoms with E-state index in [9.17, 15) is 40.3 Å². The van der Waals surface area contributed by atoms with Crippen molar-refractivity contribution in [2.75, 3.05) is 18.0 Å². The van der Waals surface area contributed by atoms with Crippen LogP contribution in [0.15, 0.2) is 108 Å². The molecule has 320 valence electrons. The fourth-order valence-electron chi connectivity index (χ4n) is 7.24. The molecule has 2 aliphatic carbocycles. The molecule has 1 heterocycles. The van der Waals surface area contributed by atoms with Gasteiger partial charge in [0.1, 0.15) is 34.0 Å². The number of hydrogen-bond donors (Lipinski definition) is 2. The van der Waals surface area contributed by atoms with Gasteiger partial charge in [-0.2, -0.15) is 10.5 Å². The third-order valence-electron chi connectivity index (χ3n) is 10.7. The molecule has 4 aromatic rings. The Kier molecular flexibility index (Phi) is 16.9. The molecule has 3 fully saturated rings. The molecule has 4 aromatic carbocycles. The molecule has 2 atom stereocenters. The maximum atomic E-state index is 12.9. The van der Waals surface area contributed by atoms with Gasteiger partial charge in [-0.25, -0.2) is 0 Å². The molecule has 2 amide bonds. The molecule has 1 saturated heterocycles. The normalized spacial score (nSPS) is 15.7. The number of halogens is 1. The van der Waals surface area contributed by atoms with Crippen LogP contribution >= 0.6 is 11.6 Å². The zero-order chi connectivity index (χ0) is 44.6. The second-order valence-corrected chi connectivity index (χ2v) is 15.6. The summed E-state index contributed by atoms with van der Waals surface area (Å²) in [5, 5.41) is 47.7. The van der Waals surface area contributed by atoms with Gasteiger partial charge in [-0.15, -0.1) is 0 Å². The summed E-state index contributed by atoms with van der Waals surface area (Å²) in [6.45, 7) is 5.59. The van der Waals surface area contributed by atoms with Crippen molar-refractivity contribution in [2.24, 2.45) is 11.8 Å². The van der Waals surface area contributed by atoms with Gasteiger partial charge in [0.15, 0.2) is 0 Å². The van der Waals surface area contributed by atoms with E-state index >= 15 is 0 Å². The highest BCUT2D eigenvalue weighted by Crippen LogP contribution is 2.41. The van der Waals surface area contributed by atoms with E-state index in [2.05, 4.69) is 10.6 Å². The molecule has 0 bridgehead atoms. The molecule has 0 aromatic heterocycles. The van der Waals surface area contributed by atoms with Gasteiger partial charge >= 0.3 is 0 Å². The summed E-state index contributed by atoms with van der Waals surface area (Å²) in [5.41, 5.74) is 2.97. The number of nitrogens with one attached hydrogen (secondary N) is 2. The number of piperidine rings is 1. The summed E-state index contributed by atoms with van der Waals surface area (Å²) in [6, 6.07) is 31.9. The predicted molar refractivity (Wildman–Crippen MR) is 241 cm³/mol. The lowest BCUT2D eigenvalue weighted by Crippen LogP contribution is -2.30. The van der Waals surface area contributed by atoms with Gasteiger partial charge in [-0.3, -0.25) is 29.8 Å². The summed E-state index contributed by atoms with van der Waals surface area (Å²) >= 11 is 5.81. The molecule has 13 nitrogen and oxygen atoms in total. The molecule has 0 radical (unpaired) electrons. The van der Waals surface area contributed by atoms with E-state index in [4.69, 9.17) is 11.6 Å². The highest BCUT2D eigenvalue weighted by Gasteiger charge is 2.34.